The molecular formula is C15H19N3O2. The van der Waals surface area contributed by atoms with Crippen molar-refractivity contribution in [3.8, 4) is 0 Å². The van der Waals surface area contributed by atoms with Gasteiger partial charge in [0.15, 0.2) is 0 Å². The number of hydrogen-bond donors (Lipinski definition) is 2. The van der Waals surface area contributed by atoms with Crippen LogP contribution in [0.15, 0.2) is 36.7 Å². The van der Waals surface area contributed by atoms with Crippen LogP contribution in [0, 0.1) is 0 Å². The Labute approximate surface area is 118 Å². The molecule has 5 nitrogen and oxygen atoms in total. The molecule has 106 valence electrons. The van der Waals surface area contributed by atoms with Gasteiger partial charge in [0.25, 0.3) is 0 Å². The number of nitrogens with one attached hydrogen (secondary N) is 1. The molecule has 0 unspecified atom stereocenters. The largest absolute Gasteiger partial charge is 0.478 e. The molecule has 0 aliphatic carbocycles. The van der Waals surface area contributed by atoms with Gasteiger partial charge in [-0.1, -0.05) is 26.0 Å². The van der Waals surface area contributed by atoms with E-state index in [4.69, 9.17) is 5.11 Å². The lowest BCUT2D eigenvalue weighted by Crippen LogP contribution is -2.24. The van der Waals surface area contributed by atoms with Gasteiger partial charge in [0.1, 0.15) is 5.82 Å². The summed E-state index contributed by atoms with van der Waals surface area (Å²) in [6.07, 6.45) is 3.71. The summed E-state index contributed by atoms with van der Waals surface area (Å²) >= 11 is 0. The fourth-order valence-corrected chi connectivity index (χ4v) is 1.90. The lowest BCUT2D eigenvalue weighted by molar-refractivity contribution is 0.0697. The molecule has 1 aromatic carbocycles. The summed E-state index contributed by atoms with van der Waals surface area (Å²) in [7, 11) is 0. The van der Waals surface area contributed by atoms with Gasteiger partial charge in [-0.2, -0.15) is 0 Å². The van der Waals surface area contributed by atoms with Crippen LogP contribution < -0.4 is 5.32 Å². The molecular weight excluding hydrogens is 254 g/mol. The summed E-state index contributed by atoms with van der Waals surface area (Å²) in [6, 6.07) is 7.34. The van der Waals surface area contributed by atoms with Gasteiger partial charge in [0.2, 0.25) is 0 Å². The van der Waals surface area contributed by atoms with Crippen LogP contribution in [0.25, 0.3) is 0 Å². The third-order valence-corrected chi connectivity index (χ3v) is 3.02. The lowest BCUT2D eigenvalue weighted by atomic mass is 10.1. The highest BCUT2D eigenvalue weighted by Gasteiger charge is 2.06. The monoisotopic (exact) mass is 273 g/mol. The van der Waals surface area contributed by atoms with Gasteiger partial charge in [-0.3, -0.25) is 0 Å². The van der Waals surface area contributed by atoms with Crippen LogP contribution >= 0.6 is 0 Å². The Morgan fingerprint density at radius 2 is 2.05 bits per heavy atom. The smallest absolute Gasteiger partial charge is 0.335 e. The van der Waals surface area contributed by atoms with Crippen molar-refractivity contribution in [2.45, 2.75) is 33.0 Å². The minimum atomic E-state index is -0.902. The molecule has 0 saturated heterocycles. The number of rotatable bonds is 6. The van der Waals surface area contributed by atoms with E-state index in [1.807, 2.05) is 18.3 Å². The highest BCUT2D eigenvalue weighted by Crippen LogP contribution is 2.08. The standard InChI is InChI=1S/C15H19N3O2/c1-11(2)17-9-14-16-7-8-18(14)10-12-3-5-13(6-4-12)15(19)20/h3-8,11,17H,9-10H2,1-2H3,(H,19,20). The van der Waals surface area contributed by atoms with E-state index in [0.717, 1.165) is 17.9 Å². The van der Waals surface area contributed by atoms with E-state index in [1.165, 1.54) is 0 Å². The first-order valence-corrected chi connectivity index (χ1v) is 6.62. The molecule has 0 fully saturated rings. The maximum Gasteiger partial charge on any atom is 0.335 e. The van der Waals surface area contributed by atoms with E-state index in [0.29, 0.717) is 18.2 Å². The average Bonchev–Trinajstić information content (AvgIpc) is 2.84. The minimum Gasteiger partial charge on any atom is -0.478 e. The zero-order valence-electron chi connectivity index (χ0n) is 11.7. The SMILES string of the molecule is CC(C)NCc1nccn1Cc1ccc(C(=O)O)cc1. The summed E-state index contributed by atoms with van der Waals surface area (Å²) in [5, 5.41) is 12.2. The van der Waals surface area contributed by atoms with E-state index >= 15 is 0 Å². The average molecular weight is 273 g/mol. The maximum absolute atomic E-state index is 10.8. The topological polar surface area (TPSA) is 67.2 Å². The van der Waals surface area contributed by atoms with E-state index in [9.17, 15) is 4.79 Å². The van der Waals surface area contributed by atoms with Gasteiger partial charge >= 0.3 is 5.97 Å². The summed E-state index contributed by atoms with van der Waals surface area (Å²) in [4.78, 5) is 15.1. The van der Waals surface area contributed by atoms with Crippen LogP contribution in [0.4, 0.5) is 0 Å². The van der Waals surface area contributed by atoms with Crippen molar-refractivity contribution in [3.63, 3.8) is 0 Å². The van der Waals surface area contributed by atoms with E-state index in [-0.39, 0.29) is 0 Å². The number of nitrogens with zero attached hydrogens (tertiary/aromatic N) is 2. The van der Waals surface area contributed by atoms with Crippen LogP contribution in [0.3, 0.4) is 0 Å². The number of carboxylic acid groups (broad SMARTS) is 1. The molecule has 20 heavy (non-hydrogen) atoms. The number of hydrogen-bond acceptors (Lipinski definition) is 3. The van der Waals surface area contributed by atoms with Gasteiger partial charge in [-0.05, 0) is 17.7 Å². The number of carboxylic acids is 1. The van der Waals surface area contributed by atoms with Crippen LogP contribution in [0.1, 0.15) is 35.6 Å². The van der Waals surface area contributed by atoms with Crippen molar-refractivity contribution in [1.82, 2.24) is 14.9 Å². The molecule has 2 rings (SSSR count). The number of imidazole rings is 1. The van der Waals surface area contributed by atoms with Crippen LogP contribution in [-0.4, -0.2) is 26.7 Å². The third-order valence-electron chi connectivity index (χ3n) is 3.02. The number of aromatic nitrogens is 2. The molecule has 0 aliphatic heterocycles. The second-order valence-corrected chi connectivity index (χ2v) is 5.01. The fraction of sp³-hybridized carbons (Fsp3) is 0.333. The van der Waals surface area contributed by atoms with Gasteiger partial charge in [-0.25, -0.2) is 9.78 Å². The molecule has 1 aromatic heterocycles. The molecule has 0 aliphatic rings. The molecule has 0 atom stereocenters. The fourth-order valence-electron chi connectivity index (χ4n) is 1.90. The van der Waals surface area contributed by atoms with Gasteiger partial charge in [-0.15, -0.1) is 0 Å². The maximum atomic E-state index is 10.8. The van der Waals surface area contributed by atoms with Crippen LogP contribution in [-0.2, 0) is 13.1 Å². The molecule has 5 heteroatoms. The predicted octanol–water partition coefficient (Wildman–Crippen LogP) is 2.13. The molecule has 0 bridgehead atoms. The predicted molar refractivity (Wildman–Crippen MR) is 76.7 cm³/mol. The molecule has 0 amide bonds. The Morgan fingerprint density at radius 1 is 1.35 bits per heavy atom. The highest BCUT2D eigenvalue weighted by molar-refractivity contribution is 5.87. The Hall–Kier alpha value is -2.14. The van der Waals surface area contributed by atoms with Crippen molar-refractivity contribution in [2.24, 2.45) is 0 Å². The summed E-state index contributed by atoms with van der Waals surface area (Å²) in [5.41, 5.74) is 1.36. The van der Waals surface area contributed by atoms with Gasteiger partial charge in [0.05, 0.1) is 12.1 Å². The third kappa shape index (κ3) is 3.68. The molecule has 1 heterocycles. The Balaban J connectivity index is 2.06. The quantitative estimate of drug-likeness (QED) is 0.846. The Morgan fingerprint density at radius 3 is 2.65 bits per heavy atom. The first-order valence-electron chi connectivity index (χ1n) is 6.62. The zero-order valence-corrected chi connectivity index (χ0v) is 11.7. The van der Waals surface area contributed by atoms with E-state index < -0.39 is 5.97 Å². The van der Waals surface area contributed by atoms with Gasteiger partial charge in [0, 0.05) is 25.0 Å². The summed E-state index contributed by atoms with van der Waals surface area (Å²) in [6.45, 7) is 5.60. The molecule has 0 saturated carbocycles. The normalized spacial score (nSPS) is 10.9. The van der Waals surface area contributed by atoms with E-state index in [1.54, 1.807) is 18.3 Å². The van der Waals surface area contributed by atoms with Crippen molar-refractivity contribution < 1.29 is 9.90 Å². The molecule has 0 radical (unpaired) electrons. The lowest BCUT2D eigenvalue weighted by Gasteiger charge is -2.11. The highest BCUT2D eigenvalue weighted by atomic mass is 16.4. The second-order valence-electron chi connectivity index (χ2n) is 5.01. The number of carbonyl (C=O) groups is 1. The van der Waals surface area contributed by atoms with Crippen LogP contribution in [0.5, 0.6) is 0 Å². The first kappa shape index (κ1) is 14.3. The first-order chi connectivity index (χ1) is 9.56. The molecule has 2 N–H and O–H groups in total. The van der Waals surface area contributed by atoms with Crippen molar-refractivity contribution in [1.29, 1.82) is 0 Å². The second kappa shape index (κ2) is 6.34. The van der Waals surface area contributed by atoms with Crippen LogP contribution in [0.2, 0.25) is 0 Å². The minimum absolute atomic E-state index is 0.307. The zero-order chi connectivity index (χ0) is 14.5. The van der Waals surface area contributed by atoms with Gasteiger partial charge < -0.3 is 15.0 Å². The number of benzene rings is 1. The van der Waals surface area contributed by atoms with Crippen molar-refractivity contribution >= 4 is 5.97 Å². The van der Waals surface area contributed by atoms with Crippen molar-refractivity contribution in [2.75, 3.05) is 0 Å². The molecule has 0 spiro atoms. The van der Waals surface area contributed by atoms with E-state index in [2.05, 4.69) is 28.7 Å². The molecule has 2 aromatic rings. The Bertz CT molecular complexity index is 573. The summed E-state index contributed by atoms with van der Waals surface area (Å²) in [5.74, 6) is 0.0713. The number of aromatic carboxylic acids is 1. The van der Waals surface area contributed by atoms with Crippen molar-refractivity contribution in [3.05, 3.63) is 53.6 Å². The summed E-state index contributed by atoms with van der Waals surface area (Å²) < 4.78 is 2.06. The Kier molecular flexibility index (Phi) is 4.53.